The Bertz CT molecular complexity index is 395. The van der Waals surface area contributed by atoms with E-state index in [-0.39, 0.29) is 6.04 Å². The lowest BCUT2D eigenvalue weighted by Gasteiger charge is -2.27. The molecule has 0 saturated heterocycles. The van der Waals surface area contributed by atoms with Gasteiger partial charge in [0.1, 0.15) is 0 Å². The average Bonchev–Trinajstić information content (AvgIpc) is 2.43. The predicted octanol–water partition coefficient (Wildman–Crippen LogP) is 2.88. The van der Waals surface area contributed by atoms with Gasteiger partial charge in [0.25, 0.3) is 0 Å². The van der Waals surface area contributed by atoms with Crippen LogP contribution < -0.4 is 5.32 Å². The summed E-state index contributed by atoms with van der Waals surface area (Å²) >= 11 is 0. The second kappa shape index (κ2) is 9.00. The number of ether oxygens (including phenoxy) is 2. The van der Waals surface area contributed by atoms with Gasteiger partial charge in [0.2, 0.25) is 0 Å². The lowest BCUT2D eigenvalue weighted by molar-refractivity contribution is -0.153. The van der Waals surface area contributed by atoms with Gasteiger partial charge in [-0.25, -0.2) is 8.78 Å². The van der Waals surface area contributed by atoms with Crippen molar-refractivity contribution in [3.8, 4) is 0 Å². The summed E-state index contributed by atoms with van der Waals surface area (Å²) in [7, 11) is 0. The fraction of sp³-hybridized carbons (Fsp3) is 0.600. The molecule has 0 aliphatic rings. The van der Waals surface area contributed by atoms with E-state index >= 15 is 0 Å². The van der Waals surface area contributed by atoms with Crippen molar-refractivity contribution in [2.24, 2.45) is 0 Å². The Labute approximate surface area is 119 Å². The highest BCUT2D eigenvalue weighted by Gasteiger charge is 2.23. The smallest absolute Gasteiger partial charge is 0.172 e. The first-order valence-corrected chi connectivity index (χ1v) is 7.03. The molecule has 1 aromatic carbocycles. The quantitative estimate of drug-likeness (QED) is 0.708. The molecule has 1 rings (SSSR count). The molecule has 0 bridgehead atoms. The monoisotopic (exact) mass is 287 g/mol. The van der Waals surface area contributed by atoms with Crippen molar-refractivity contribution in [2.75, 3.05) is 19.8 Å². The zero-order valence-electron chi connectivity index (χ0n) is 12.3. The van der Waals surface area contributed by atoms with Crippen LogP contribution in [0.15, 0.2) is 18.2 Å². The third-order valence-electron chi connectivity index (χ3n) is 2.93. The average molecular weight is 287 g/mol. The van der Waals surface area contributed by atoms with Crippen LogP contribution in [-0.2, 0) is 15.9 Å². The number of likely N-dealkylation sites (N-methyl/N-ethyl adjacent to an activating group) is 1. The SMILES string of the molecule is CCNC(Cc1cccc(F)c1F)C(OCC)OCC. The van der Waals surface area contributed by atoms with E-state index in [1.54, 1.807) is 6.07 Å². The van der Waals surface area contributed by atoms with Crippen LogP contribution in [0.5, 0.6) is 0 Å². The molecule has 1 N–H and O–H groups in total. The Morgan fingerprint density at radius 2 is 1.75 bits per heavy atom. The molecular formula is C15H23F2NO2. The van der Waals surface area contributed by atoms with Crippen LogP contribution in [0.2, 0.25) is 0 Å². The number of rotatable bonds is 9. The molecule has 20 heavy (non-hydrogen) atoms. The summed E-state index contributed by atoms with van der Waals surface area (Å²) < 4.78 is 38.1. The molecule has 0 spiro atoms. The largest absolute Gasteiger partial charge is 0.351 e. The van der Waals surface area contributed by atoms with Crippen molar-refractivity contribution >= 4 is 0 Å². The second-order valence-electron chi connectivity index (χ2n) is 4.36. The Kier molecular flexibility index (Phi) is 7.65. The molecule has 0 aliphatic heterocycles. The number of hydrogen-bond donors (Lipinski definition) is 1. The highest BCUT2D eigenvalue weighted by molar-refractivity contribution is 5.20. The van der Waals surface area contributed by atoms with Gasteiger partial charge in [-0.2, -0.15) is 0 Å². The maximum atomic E-state index is 13.8. The van der Waals surface area contributed by atoms with E-state index in [1.807, 2.05) is 20.8 Å². The summed E-state index contributed by atoms with van der Waals surface area (Å²) in [5.41, 5.74) is 0.320. The standard InChI is InChI=1S/C15H23F2NO2/c1-4-18-13(15(19-5-2)20-6-3)10-11-8-7-9-12(16)14(11)17/h7-9,13,15,18H,4-6,10H2,1-3H3. The minimum absolute atomic E-state index is 0.226. The molecule has 0 heterocycles. The van der Waals surface area contributed by atoms with Gasteiger partial charge in [-0.1, -0.05) is 19.1 Å². The van der Waals surface area contributed by atoms with Crippen molar-refractivity contribution in [3.05, 3.63) is 35.4 Å². The highest BCUT2D eigenvalue weighted by atomic mass is 19.2. The first-order valence-electron chi connectivity index (χ1n) is 7.03. The normalized spacial score (nSPS) is 12.9. The molecule has 0 aliphatic carbocycles. The second-order valence-corrected chi connectivity index (χ2v) is 4.36. The maximum Gasteiger partial charge on any atom is 0.172 e. The molecule has 0 fully saturated rings. The number of benzene rings is 1. The van der Waals surface area contributed by atoms with E-state index < -0.39 is 17.9 Å². The molecule has 114 valence electrons. The Hall–Kier alpha value is -1.04. The lowest BCUT2D eigenvalue weighted by Crippen LogP contribution is -2.44. The molecule has 0 amide bonds. The Balaban J connectivity index is 2.86. The van der Waals surface area contributed by atoms with Crippen LogP contribution in [0.1, 0.15) is 26.3 Å². The minimum Gasteiger partial charge on any atom is -0.351 e. The summed E-state index contributed by atoms with van der Waals surface area (Å²) in [6, 6.07) is 3.98. The van der Waals surface area contributed by atoms with E-state index in [4.69, 9.17) is 9.47 Å². The van der Waals surface area contributed by atoms with Gasteiger partial charge >= 0.3 is 0 Å². The fourth-order valence-electron chi connectivity index (χ4n) is 2.08. The van der Waals surface area contributed by atoms with Gasteiger partial charge in [-0.05, 0) is 38.4 Å². The number of hydrogen-bond acceptors (Lipinski definition) is 3. The van der Waals surface area contributed by atoms with Crippen LogP contribution in [-0.4, -0.2) is 32.1 Å². The lowest BCUT2D eigenvalue weighted by atomic mass is 10.0. The summed E-state index contributed by atoms with van der Waals surface area (Å²) in [5.74, 6) is -1.63. The number of nitrogens with one attached hydrogen (secondary N) is 1. The van der Waals surface area contributed by atoms with Crippen LogP contribution in [0.4, 0.5) is 8.78 Å². The van der Waals surface area contributed by atoms with Crippen molar-refractivity contribution in [3.63, 3.8) is 0 Å². The predicted molar refractivity (Wildman–Crippen MR) is 74.6 cm³/mol. The number of halogens is 2. The molecule has 0 radical (unpaired) electrons. The van der Waals surface area contributed by atoms with Gasteiger partial charge < -0.3 is 14.8 Å². The molecule has 1 atom stereocenters. The maximum absolute atomic E-state index is 13.8. The summed E-state index contributed by atoms with van der Waals surface area (Å²) in [4.78, 5) is 0. The fourth-order valence-corrected chi connectivity index (χ4v) is 2.08. The van der Waals surface area contributed by atoms with Gasteiger partial charge in [-0.3, -0.25) is 0 Å². The molecule has 5 heteroatoms. The van der Waals surface area contributed by atoms with Crippen molar-refractivity contribution < 1.29 is 18.3 Å². The molecule has 3 nitrogen and oxygen atoms in total. The van der Waals surface area contributed by atoms with E-state index in [1.165, 1.54) is 6.07 Å². The first-order chi connectivity index (χ1) is 9.63. The highest BCUT2D eigenvalue weighted by Crippen LogP contribution is 2.16. The summed E-state index contributed by atoms with van der Waals surface area (Å²) in [6.45, 7) is 7.38. The molecule has 1 aromatic rings. The molecule has 0 aromatic heterocycles. The summed E-state index contributed by atoms with van der Waals surface area (Å²) in [6.07, 6.45) is -0.171. The van der Waals surface area contributed by atoms with Crippen LogP contribution >= 0.6 is 0 Å². The van der Waals surface area contributed by atoms with Gasteiger partial charge in [0.05, 0.1) is 6.04 Å². The van der Waals surface area contributed by atoms with Gasteiger partial charge in [-0.15, -0.1) is 0 Å². The van der Waals surface area contributed by atoms with E-state index in [2.05, 4.69) is 5.32 Å². The van der Waals surface area contributed by atoms with Crippen molar-refractivity contribution in [1.29, 1.82) is 0 Å². The van der Waals surface area contributed by atoms with Crippen LogP contribution in [0, 0.1) is 11.6 Å². The molecule has 0 saturated carbocycles. The van der Waals surface area contributed by atoms with Gasteiger partial charge in [0.15, 0.2) is 17.9 Å². The van der Waals surface area contributed by atoms with Gasteiger partial charge in [0, 0.05) is 13.2 Å². The van der Waals surface area contributed by atoms with E-state index in [0.717, 1.165) is 6.07 Å². The molecule has 1 unspecified atom stereocenters. The van der Waals surface area contributed by atoms with E-state index in [0.29, 0.717) is 31.7 Å². The molecular weight excluding hydrogens is 264 g/mol. The van der Waals surface area contributed by atoms with Crippen LogP contribution in [0.25, 0.3) is 0 Å². The summed E-state index contributed by atoms with van der Waals surface area (Å²) in [5, 5.41) is 3.21. The zero-order valence-corrected chi connectivity index (χ0v) is 12.3. The van der Waals surface area contributed by atoms with Crippen LogP contribution in [0.3, 0.4) is 0 Å². The van der Waals surface area contributed by atoms with Crippen molar-refractivity contribution in [1.82, 2.24) is 5.32 Å². The third kappa shape index (κ3) is 4.81. The Morgan fingerprint density at radius 1 is 1.10 bits per heavy atom. The minimum atomic E-state index is -0.831. The van der Waals surface area contributed by atoms with Crippen molar-refractivity contribution in [2.45, 2.75) is 39.5 Å². The third-order valence-corrected chi connectivity index (χ3v) is 2.93. The van der Waals surface area contributed by atoms with E-state index in [9.17, 15) is 8.78 Å². The topological polar surface area (TPSA) is 30.5 Å². The zero-order chi connectivity index (χ0) is 15.0. The first kappa shape index (κ1) is 17.0. The Morgan fingerprint density at radius 3 is 2.30 bits per heavy atom.